The smallest absolute Gasteiger partial charge is 0.251 e. The Kier molecular flexibility index (Phi) is 9.20. The number of hydrogen-bond acceptors (Lipinski definition) is 5. The van der Waals surface area contributed by atoms with Crippen molar-refractivity contribution in [3.8, 4) is 0 Å². The monoisotopic (exact) mass is 521 g/mol. The third-order valence-corrected chi connectivity index (χ3v) is 6.40. The number of amides is 1. The summed E-state index contributed by atoms with van der Waals surface area (Å²) in [4.78, 5) is 17.6. The Morgan fingerprint density at radius 2 is 1.76 bits per heavy atom. The van der Waals surface area contributed by atoms with Gasteiger partial charge in [-0.1, -0.05) is 38.1 Å². The van der Waals surface area contributed by atoms with Crippen molar-refractivity contribution in [2.24, 2.45) is 0 Å². The van der Waals surface area contributed by atoms with Gasteiger partial charge in [0.1, 0.15) is 17.2 Å². The zero-order chi connectivity index (χ0) is 27.1. The molecule has 1 heterocycles. The number of carbonyl (C=O) groups excluding carboxylic acids is 1. The number of aliphatic hydroxyl groups excluding tert-OH is 1. The van der Waals surface area contributed by atoms with Gasteiger partial charge in [-0.05, 0) is 66.3 Å². The van der Waals surface area contributed by atoms with E-state index in [1.165, 1.54) is 17.7 Å². The molecule has 0 aliphatic rings. The molecule has 0 radical (unpaired) electrons. The van der Waals surface area contributed by atoms with Crippen LogP contribution >= 0.6 is 0 Å². The molecule has 38 heavy (non-hydrogen) atoms. The van der Waals surface area contributed by atoms with E-state index in [0.717, 1.165) is 24.5 Å². The first-order chi connectivity index (χ1) is 18.3. The minimum Gasteiger partial charge on any atom is -0.441 e. The lowest BCUT2D eigenvalue weighted by Crippen LogP contribution is -2.48. The first kappa shape index (κ1) is 27.4. The normalized spacial score (nSPS) is 13.0. The topological polar surface area (TPSA) is 87.4 Å². The molecule has 2 unspecified atom stereocenters. The van der Waals surface area contributed by atoms with Crippen LogP contribution in [0.3, 0.4) is 0 Å². The van der Waals surface area contributed by atoms with E-state index in [4.69, 9.17) is 4.42 Å². The summed E-state index contributed by atoms with van der Waals surface area (Å²) in [6.45, 7) is 4.81. The van der Waals surface area contributed by atoms with E-state index in [-0.39, 0.29) is 13.0 Å². The number of carbonyl (C=O) groups is 1. The van der Waals surface area contributed by atoms with E-state index in [0.29, 0.717) is 41.1 Å². The third-order valence-electron chi connectivity index (χ3n) is 6.40. The van der Waals surface area contributed by atoms with Gasteiger partial charge in [-0.3, -0.25) is 4.79 Å². The number of aliphatic hydroxyl groups is 1. The second kappa shape index (κ2) is 12.8. The molecule has 2 atom stereocenters. The Balaban J connectivity index is 1.48. The van der Waals surface area contributed by atoms with Gasteiger partial charge >= 0.3 is 0 Å². The maximum Gasteiger partial charge on any atom is 0.251 e. The zero-order valence-corrected chi connectivity index (χ0v) is 21.6. The van der Waals surface area contributed by atoms with Crippen molar-refractivity contribution in [1.82, 2.24) is 15.6 Å². The predicted octanol–water partition coefficient (Wildman–Crippen LogP) is 5.11. The number of nitrogens with zero attached hydrogens (tertiary/aromatic N) is 1. The Morgan fingerprint density at radius 3 is 2.50 bits per heavy atom. The average molecular weight is 522 g/mol. The lowest BCUT2D eigenvalue weighted by Gasteiger charge is -2.25. The van der Waals surface area contributed by atoms with Gasteiger partial charge in [-0.2, -0.15) is 0 Å². The first-order valence-electron chi connectivity index (χ1n) is 13.0. The van der Waals surface area contributed by atoms with Crippen LogP contribution in [-0.2, 0) is 25.8 Å². The number of oxazole rings is 1. The van der Waals surface area contributed by atoms with Crippen LogP contribution in [0.4, 0.5) is 8.78 Å². The highest BCUT2D eigenvalue weighted by Gasteiger charge is 2.23. The van der Waals surface area contributed by atoms with Crippen LogP contribution in [0.15, 0.2) is 65.1 Å². The fourth-order valence-electron chi connectivity index (χ4n) is 4.42. The summed E-state index contributed by atoms with van der Waals surface area (Å²) in [7, 11) is 0. The standard InChI is InChI=1S/C30H33F2N3O3/c1-3-6-29-34-26-15-22(9-10-28(26)38-29)30(37)35-25(14-21-12-23(31)16-24(32)13-21)27(36)18-33-17-20-8-5-7-19(4-2)11-20/h5,7-13,15-16,25,27,33,36H,3-4,6,14,17-18H2,1-2H3,(H,35,37). The number of benzene rings is 3. The second-order valence-corrected chi connectivity index (χ2v) is 9.47. The molecule has 0 aliphatic carbocycles. The van der Waals surface area contributed by atoms with Crippen LogP contribution in [0.5, 0.6) is 0 Å². The summed E-state index contributed by atoms with van der Waals surface area (Å²) in [6, 6.07) is 15.5. The highest BCUT2D eigenvalue weighted by molar-refractivity contribution is 5.97. The summed E-state index contributed by atoms with van der Waals surface area (Å²) in [5, 5.41) is 17.1. The van der Waals surface area contributed by atoms with E-state index in [2.05, 4.69) is 34.7 Å². The fourth-order valence-corrected chi connectivity index (χ4v) is 4.42. The molecule has 0 spiro atoms. The van der Waals surface area contributed by atoms with E-state index >= 15 is 0 Å². The van der Waals surface area contributed by atoms with Gasteiger partial charge in [0.15, 0.2) is 11.5 Å². The predicted molar refractivity (Wildman–Crippen MR) is 143 cm³/mol. The van der Waals surface area contributed by atoms with Crippen LogP contribution in [0.25, 0.3) is 11.1 Å². The Bertz CT molecular complexity index is 1370. The molecule has 0 aliphatic heterocycles. The van der Waals surface area contributed by atoms with Crippen LogP contribution in [0.2, 0.25) is 0 Å². The average Bonchev–Trinajstić information content (AvgIpc) is 3.29. The van der Waals surface area contributed by atoms with E-state index < -0.39 is 29.7 Å². The van der Waals surface area contributed by atoms with Crippen LogP contribution in [0.1, 0.15) is 53.2 Å². The molecule has 1 amide bonds. The lowest BCUT2D eigenvalue weighted by molar-refractivity contribution is 0.0830. The quantitative estimate of drug-likeness (QED) is 0.241. The molecule has 6 nitrogen and oxygen atoms in total. The van der Waals surface area contributed by atoms with Gasteiger partial charge in [0.05, 0.1) is 12.1 Å². The summed E-state index contributed by atoms with van der Waals surface area (Å²) in [5.41, 5.74) is 4.13. The molecule has 200 valence electrons. The van der Waals surface area contributed by atoms with Gasteiger partial charge < -0.3 is 20.2 Å². The number of aromatic nitrogens is 1. The number of fused-ring (bicyclic) bond motifs is 1. The van der Waals surface area contributed by atoms with Crippen LogP contribution in [0, 0.1) is 11.6 Å². The van der Waals surface area contributed by atoms with Crippen molar-refractivity contribution in [1.29, 1.82) is 0 Å². The minimum absolute atomic E-state index is 0.0431. The second-order valence-electron chi connectivity index (χ2n) is 9.47. The van der Waals surface area contributed by atoms with Crippen molar-refractivity contribution < 1.29 is 23.1 Å². The molecule has 3 N–H and O–H groups in total. The molecule has 4 aromatic rings. The van der Waals surface area contributed by atoms with Gasteiger partial charge in [-0.15, -0.1) is 0 Å². The molecular formula is C30H33F2N3O3. The third kappa shape index (κ3) is 7.24. The molecule has 4 rings (SSSR count). The molecule has 1 aromatic heterocycles. The maximum absolute atomic E-state index is 13.8. The van der Waals surface area contributed by atoms with E-state index in [1.807, 2.05) is 19.1 Å². The van der Waals surface area contributed by atoms with Crippen molar-refractivity contribution in [2.75, 3.05) is 6.54 Å². The van der Waals surface area contributed by atoms with Crippen molar-refractivity contribution in [2.45, 2.75) is 58.2 Å². The van der Waals surface area contributed by atoms with Gasteiger partial charge in [0, 0.05) is 31.1 Å². The highest BCUT2D eigenvalue weighted by atomic mass is 19.1. The summed E-state index contributed by atoms with van der Waals surface area (Å²) in [6.07, 6.45) is 1.53. The van der Waals surface area contributed by atoms with Gasteiger partial charge in [0.25, 0.3) is 5.91 Å². The summed E-state index contributed by atoms with van der Waals surface area (Å²) in [5.74, 6) is -1.25. The van der Waals surface area contributed by atoms with Gasteiger partial charge in [0.2, 0.25) is 0 Å². The SMILES string of the molecule is CCCc1nc2cc(C(=O)NC(Cc3cc(F)cc(F)c3)C(O)CNCc3cccc(CC)c3)ccc2o1. The van der Waals surface area contributed by atoms with Gasteiger partial charge in [-0.25, -0.2) is 13.8 Å². The lowest BCUT2D eigenvalue weighted by atomic mass is 10.00. The molecular weight excluding hydrogens is 488 g/mol. The number of nitrogens with one attached hydrogen (secondary N) is 2. The number of halogens is 2. The van der Waals surface area contributed by atoms with Crippen molar-refractivity contribution in [3.63, 3.8) is 0 Å². The van der Waals surface area contributed by atoms with Crippen LogP contribution in [-0.4, -0.2) is 34.7 Å². The molecule has 0 bridgehead atoms. The van der Waals surface area contributed by atoms with E-state index in [9.17, 15) is 18.7 Å². The largest absolute Gasteiger partial charge is 0.441 e. The van der Waals surface area contributed by atoms with Crippen LogP contribution < -0.4 is 10.6 Å². The molecule has 3 aromatic carbocycles. The number of aryl methyl sites for hydroxylation is 2. The summed E-state index contributed by atoms with van der Waals surface area (Å²) >= 11 is 0. The fraction of sp³-hybridized carbons (Fsp3) is 0.333. The maximum atomic E-state index is 13.8. The highest BCUT2D eigenvalue weighted by Crippen LogP contribution is 2.19. The molecule has 0 fully saturated rings. The number of hydrogen-bond donors (Lipinski definition) is 3. The molecule has 0 saturated heterocycles. The van der Waals surface area contributed by atoms with Crippen molar-refractivity contribution >= 4 is 17.0 Å². The molecule has 8 heteroatoms. The zero-order valence-electron chi connectivity index (χ0n) is 21.6. The Labute approximate surface area is 221 Å². The van der Waals surface area contributed by atoms with Crippen molar-refractivity contribution in [3.05, 3.63) is 100 Å². The van der Waals surface area contributed by atoms with E-state index in [1.54, 1.807) is 18.2 Å². The molecule has 0 saturated carbocycles. The minimum atomic E-state index is -1.02. The number of rotatable bonds is 12. The Hall–Kier alpha value is -3.62. The summed E-state index contributed by atoms with van der Waals surface area (Å²) < 4.78 is 33.4. The first-order valence-corrected chi connectivity index (χ1v) is 13.0. The Morgan fingerprint density at radius 1 is 1.00 bits per heavy atom.